The second-order valence-electron chi connectivity index (χ2n) is 7.65. The van der Waals surface area contributed by atoms with Crippen LogP contribution in [0.5, 0.6) is 5.88 Å². The fourth-order valence-electron chi connectivity index (χ4n) is 4.05. The number of aliphatic imine (C=N–C) groups is 1. The maximum absolute atomic E-state index is 12.8. The summed E-state index contributed by atoms with van der Waals surface area (Å²) in [5, 5.41) is 14.0. The van der Waals surface area contributed by atoms with E-state index in [9.17, 15) is 14.7 Å². The number of rotatable bonds is 3. The predicted molar refractivity (Wildman–Crippen MR) is 102 cm³/mol. The number of aromatic nitrogens is 2. The minimum absolute atomic E-state index is 0.116. The fraction of sp³-hybridized carbons (Fsp3) is 0.737. The number of nitrogens with zero attached hydrogens (tertiary/aromatic N) is 3. The van der Waals surface area contributed by atoms with Crippen molar-refractivity contribution in [3.05, 3.63) is 26.4 Å². The zero-order valence-electron chi connectivity index (χ0n) is 15.8. The zero-order chi connectivity index (χ0) is 18.7. The van der Waals surface area contributed by atoms with Gasteiger partial charge in [0.1, 0.15) is 11.4 Å². The molecule has 0 aliphatic heterocycles. The lowest BCUT2D eigenvalue weighted by Crippen LogP contribution is -2.45. The van der Waals surface area contributed by atoms with E-state index in [-0.39, 0.29) is 23.5 Å². The largest absolute Gasteiger partial charge is 0.494 e. The summed E-state index contributed by atoms with van der Waals surface area (Å²) in [6.45, 7) is 0. The molecule has 2 aliphatic carbocycles. The lowest BCUT2D eigenvalue weighted by molar-refractivity contribution is 0.399. The van der Waals surface area contributed by atoms with Crippen molar-refractivity contribution in [2.75, 3.05) is 0 Å². The van der Waals surface area contributed by atoms with Crippen LogP contribution in [0.25, 0.3) is 0 Å². The molecule has 1 aromatic heterocycles. The summed E-state index contributed by atoms with van der Waals surface area (Å²) in [6.07, 6.45) is 11.1. The molecule has 0 radical (unpaired) electrons. The van der Waals surface area contributed by atoms with E-state index in [0.717, 1.165) is 60.5 Å². The third kappa shape index (κ3) is 3.86. The highest BCUT2D eigenvalue weighted by atomic mass is 16.3. The molecule has 0 spiro atoms. The van der Waals surface area contributed by atoms with Crippen LogP contribution in [0.4, 0.5) is 0 Å². The van der Waals surface area contributed by atoms with Crippen molar-refractivity contribution in [3.8, 4) is 5.88 Å². The second kappa shape index (κ2) is 8.10. The summed E-state index contributed by atoms with van der Waals surface area (Å²) in [5.74, 6) is 0.147. The molecule has 1 heterocycles. The maximum Gasteiger partial charge on any atom is 0.333 e. The van der Waals surface area contributed by atoms with Gasteiger partial charge in [0.05, 0.1) is 6.04 Å². The first-order chi connectivity index (χ1) is 12.5. The highest BCUT2D eigenvalue weighted by Crippen LogP contribution is 2.23. The van der Waals surface area contributed by atoms with Gasteiger partial charge in [0.2, 0.25) is 5.88 Å². The predicted octanol–water partition coefficient (Wildman–Crippen LogP) is 1.79. The van der Waals surface area contributed by atoms with E-state index < -0.39 is 11.2 Å². The van der Waals surface area contributed by atoms with E-state index in [4.69, 9.17) is 4.99 Å². The second-order valence-corrected chi connectivity index (χ2v) is 7.65. The highest BCUT2D eigenvalue weighted by Gasteiger charge is 2.25. The Balaban J connectivity index is 2.03. The molecular weight excluding hydrogens is 332 g/mol. The molecule has 0 saturated heterocycles. The summed E-state index contributed by atoms with van der Waals surface area (Å²) < 4.78 is 2.14. The molecule has 2 saturated carbocycles. The Bertz CT molecular complexity index is 781. The molecule has 0 unspecified atom stereocenters. The Morgan fingerprint density at radius 2 is 1.54 bits per heavy atom. The van der Waals surface area contributed by atoms with Crippen LogP contribution in [0.1, 0.15) is 69.8 Å². The molecule has 0 aromatic carbocycles. The SMILES string of the molecule is Cn1c(O)c(C(=NC2CCCCC2)NC2CCCCC2)c(=O)n(C)c1=O. The molecule has 2 fully saturated rings. The van der Waals surface area contributed by atoms with E-state index in [1.807, 2.05) is 0 Å². The maximum atomic E-state index is 12.8. The normalized spacial score (nSPS) is 20.3. The molecule has 2 N–H and O–H groups in total. The van der Waals surface area contributed by atoms with E-state index in [1.165, 1.54) is 26.9 Å². The van der Waals surface area contributed by atoms with E-state index in [2.05, 4.69) is 5.32 Å². The summed E-state index contributed by atoms with van der Waals surface area (Å²) >= 11 is 0. The Labute approximate surface area is 153 Å². The van der Waals surface area contributed by atoms with Crippen LogP contribution in [0.3, 0.4) is 0 Å². The van der Waals surface area contributed by atoms with Crippen molar-refractivity contribution in [3.63, 3.8) is 0 Å². The summed E-state index contributed by atoms with van der Waals surface area (Å²) in [5.41, 5.74) is -0.917. The molecule has 0 bridgehead atoms. The van der Waals surface area contributed by atoms with E-state index in [0.29, 0.717) is 5.84 Å². The van der Waals surface area contributed by atoms with Crippen LogP contribution < -0.4 is 16.6 Å². The average molecular weight is 362 g/mol. The molecule has 3 rings (SSSR count). The average Bonchev–Trinajstić information content (AvgIpc) is 2.66. The van der Waals surface area contributed by atoms with Crippen LogP contribution in [0, 0.1) is 0 Å². The number of hydrogen-bond donors (Lipinski definition) is 2. The van der Waals surface area contributed by atoms with Crippen LogP contribution in [-0.2, 0) is 14.1 Å². The van der Waals surface area contributed by atoms with Crippen molar-refractivity contribution in [1.29, 1.82) is 0 Å². The quantitative estimate of drug-likeness (QED) is 0.634. The van der Waals surface area contributed by atoms with Gasteiger partial charge in [-0.1, -0.05) is 38.5 Å². The Hall–Kier alpha value is -2.05. The van der Waals surface area contributed by atoms with Gasteiger partial charge >= 0.3 is 5.69 Å². The molecule has 1 aromatic rings. The summed E-state index contributed by atoms with van der Waals surface area (Å²) in [6, 6.07) is 0.420. The zero-order valence-corrected chi connectivity index (χ0v) is 15.8. The van der Waals surface area contributed by atoms with Gasteiger partial charge in [0, 0.05) is 20.1 Å². The van der Waals surface area contributed by atoms with Gasteiger partial charge in [-0.25, -0.2) is 4.79 Å². The topological polar surface area (TPSA) is 88.6 Å². The Morgan fingerprint density at radius 3 is 2.15 bits per heavy atom. The first-order valence-corrected chi connectivity index (χ1v) is 9.82. The first-order valence-electron chi connectivity index (χ1n) is 9.82. The van der Waals surface area contributed by atoms with Crippen LogP contribution >= 0.6 is 0 Å². The molecule has 26 heavy (non-hydrogen) atoms. The van der Waals surface area contributed by atoms with Gasteiger partial charge in [-0.05, 0) is 25.7 Å². The first kappa shape index (κ1) is 18.7. The van der Waals surface area contributed by atoms with Gasteiger partial charge in [0.15, 0.2) is 0 Å². The molecule has 0 atom stereocenters. The number of hydrogen-bond acceptors (Lipinski definition) is 4. The van der Waals surface area contributed by atoms with Gasteiger partial charge < -0.3 is 10.4 Å². The number of amidine groups is 1. The van der Waals surface area contributed by atoms with Gasteiger partial charge in [-0.2, -0.15) is 0 Å². The standard InChI is InChI=1S/C19H30N4O3/c1-22-17(24)15(18(25)23(2)19(22)26)16(20-13-9-5-3-6-10-13)21-14-11-7-4-8-12-14/h13-14,24H,3-12H2,1-2H3,(H,20,21). The fourth-order valence-corrected chi connectivity index (χ4v) is 4.05. The molecule has 2 aliphatic rings. The molecular formula is C19H30N4O3. The van der Waals surface area contributed by atoms with Gasteiger partial charge in [-0.3, -0.25) is 18.9 Å². The third-order valence-corrected chi connectivity index (χ3v) is 5.70. The van der Waals surface area contributed by atoms with Crippen molar-refractivity contribution >= 4 is 5.84 Å². The molecule has 7 nitrogen and oxygen atoms in total. The smallest absolute Gasteiger partial charge is 0.333 e. The van der Waals surface area contributed by atoms with Crippen molar-refractivity contribution in [2.24, 2.45) is 19.1 Å². The highest BCUT2D eigenvalue weighted by molar-refractivity contribution is 6.00. The van der Waals surface area contributed by atoms with Crippen molar-refractivity contribution < 1.29 is 5.11 Å². The Morgan fingerprint density at radius 1 is 0.962 bits per heavy atom. The van der Waals surface area contributed by atoms with Crippen molar-refractivity contribution in [1.82, 2.24) is 14.5 Å². The number of nitrogens with one attached hydrogen (secondary N) is 1. The minimum atomic E-state index is -0.536. The van der Waals surface area contributed by atoms with Gasteiger partial charge in [0.25, 0.3) is 5.56 Å². The molecule has 7 heteroatoms. The van der Waals surface area contributed by atoms with E-state index >= 15 is 0 Å². The van der Waals surface area contributed by atoms with Crippen LogP contribution in [0.15, 0.2) is 14.6 Å². The molecule has 144 valence electrons. The third-order valence-electron chi connectivity index (χ3n) is 5.70. The molecule has 0 amide bonds. The van der Waals surface area contributed by atoms with Gasteiger partial charge in [-0.15, -0.1) is 0 Å². The summed E-state index contributed by atoms with van der Waals surface area (Å²) in [7, 11) is 2.91. The lowest BCUT2D eigenvalue weighted by Gasteiger charge is -2.27. The summed E-state index contributed by atoms with van der Waals surface area (Å²) in [4.78, 5) is 29.7. The lowest BCUT2D eigenvalue weighted by atomic mass is 9.94. The van der Waals surface area contributed by atoms with E-state index in [1.54, 1.807) is 0 Å². The number of aromatic hydroxyl groups is 1. The van der Waals surface area contributed by atoms with Crippen LogP contribution in [0.2, 0.25) is 0 Å². The van der Waals surface area contributed by atoms with Crippen LogP contribution in [-0.4, -0.2) is 32.2 Å². The minimum Gasteiger partial charge on any atom is -0.494 e. The monoisotopic (exact) mass is 362 g/mol. The van der Waals surface area contributed by atoms with Crippen molar-refractivity contribution in [2.45, 2.75) is 76.3 Å². The Kier molecular flexibility index (Phi) is 5.84.